The first kappa shape index (κ1) is 23.4. The number of carbonyl (C=O) groups excluding carboxylic acids is 2. The van der Waals surface area contributed by atoms with E-state index in [1.165, 1.54) is 12.7 Å². The zero-order chi connectivity index (χ0) is 22.9. The number of benzene rings is 3. The number of ether oxygens (including phenoxy) is 2. The monoisotopic (exact) mass is 512 g/mol. The number of rotatable bonds is 7. The van der Waals surface area contributed by atoms with Gasteiger partial charge in [0, 0.05) is 12.0 Å². The first-order valence-corrected chi connectivity index (χ1v) is 10.9. The van der Waals surface area contributed by atoms with Crippen LogP contribution in [-0.2, 0) is 11.2 Å². The molecule has 2 N–H and O–H groups in total. The predicted octanol–water partition coefficient (Wildman–Crippen LogP) is 4.98. The lowest BCUT2D eigenvalue weighted by atomic mass is 10.2. The molecule has 0 aliphatic carbocycles. The van der Waals surface area contributed by atoms with E-state index in [4.69, 9.17) is 21.7 Å². The summed E-state index contributed by atoms with van der Waals surface area (Å²) >= 11 is 8.68. The fourth-order valence-electron chi connectivity index (χ4n) is 2.89. The van der Waals surface area contributed by atoms with Crippen molar-refractivity contribution in [3.05, 3.63) is 94.0 Å². The number of thiocarbonyl (C=S) groups is 1. The third kappa shape index (κ3) is 6.38. The van der Waals surface area contributed by atoms with Crippen molar-refractivity contribution >= 4 is 50.8 Å². The molecular weight excluding hydrogens is 492 g/mol. The average Bonchev–Trinajstić information content (AvgIpc) is 2.80. The van der Waals surface area contributed by atoms with E-state index in [0.29, 0.717) is 33.6 Å². The fourth-order valence-corrected chi connectivity index (χ4v) is 3.59. The van der Waals surface area contributed by atoms with Crippen LogP contribution in [0.25, 0.3) is 0 Å². The van der Waals surface area contributed by atoms with Crippen molar-refractivity contribution in [2.45, 2.75) is 6.42 Å². The highest BCUT2D eigenvalue weighted by atomic mass is 79.9. The second-order valence-electron chi connectivity index (χ2n) is 6.67. The first-order chi connectivity index (χ1) is 15.5. The second-order valence-corrected chi connectivity index (χ2v) is 7.94. The van der Waals surface area contributed by atoms with Gasteiger partial charge in [0.25, 0.3) is 5.91 Å². The number of hydrogen-bond donors (Lipinski definition) is 2. The lowest BCUT2D eigenvalue weighted by Gasteiger charge is -2.13. The Morgan fingerprint density at radius 2 is 1.72 bits per heavy atom. The van der Waals surface area contributed by atoms with E-state index < -0.39 is 11.9 Å². The minimum Gasteiger partial charge on any atom is -0.492 e. The highest BCUT2D eigenvalue weighted by Gasteiger charge is 2.14. The topological polar surface area (TPSA) is 76.7 Å². The summed E-state index contributed by atoms with van der Waals surface area (Å²) in [5.41, 5.74) is 2.34. The van der Waals surface area contributed by atoms with E-state index in [1.807, 2.05) is 30.3 Å². The minimum absolute atomic E-state index is 0.0608. The van der Waals surface area contributed by atoms with Gasteiger partial charge < -0.3 is 14.8 Å². The maximum absolute atomic E-state index is 12.6. The Labute approximate surface area is 200 Å². The number of anilines is 1. The number of halogens is 1. The van der Waals surface area contributed by atoms with Gasteiger partial charge >= 0.3 is 5.97 Å². The number of esters is 1. The van der Waals surface area contributed by atoms with Gasteiger partial charge in [0.05, 0.1) is 29.4 Å². The van der Waals surface area contributed by atoms with Crippen molar-refractivity contribution in [2.24, 2.45) is 0 Å². The molecule has 0 radical (unpaired) electrons. The summed E-state index contributed by atoms with van der Waals surface area (Å²) in [7, 11) is 1.30. The molecule has 0 saturated carbocycles. The Kier molecular flexibility index (Phi) is 8.35. The van der Waals surface area contributed by atoms with Crippen LogP contribution >= 0.6 is 28.1 Å². The summed E-state index contributed by atoms with van der Waals surface area (Å²) in [6.07, 6.45) is 0.780. The smallest absolute Gasteiger partial charge is 0.339 e. The maximum Gasteiger partial charge on any atom is 0.339 e. The van der Waals surface area contributed by atoms with Crippen LogP contribution in [-0.4, -0.2) is 30.7 Å². The molecule has 32 heavy (non-hydrogen) atoms. The van der Waals surface area contributed by atoms with Crippen molar-refractivity contribution in [3.63, 3.8) is 0 Å². The van der Waals surface area contributed by atoms with E-state index in [-0.39, 0.29) is 5.11 Å². The van der Waals surface area contributed by atoms with Crippen molar-refractivity contribution in [3.8, 4) is 5.75 Å². The summed E-state index contributed by atoms with van der Waals surface area (Å²) in [4.78, 5) is 24.5. The summed E-state index contributed by atoms with van der Waals surface area (Å²) < 4.78 is 11.2. The molecule has 164 valence electrons. The molecule has 0 spiro atoms. The van der Waals surface area contributed by atoms with E-state index >= 15 is 0 Å². The van der Waals surface area contributed by atoms with Crippen molar-refractivity contribution in [1.29, 1.82) is 0 Å². The van der Waals surface area contributed by atoms with Gasteiger partial charge in [-0.1, -0.05) is 42.5 Å². The third-order valence-corrected chi connectivity index (χ3v) is 5.32. The standard InChI is InChI=1S/C24H21BrN2O4S/c1-30-23(29)18-9-5-6-10-20(18)26-24(32)27-22(28)17-11-12-21(19(25)15-17)31-14-13-16-7-3-2-4-8-16/h2-12,15H,13-14H2,1H3,(H2,26,27,28,32). The highest BCUT2D eigenvalue weighted by molar-refractivity contribution is 9.10. The van der Waals surface area contributed by atoms with Crippen LogP contribution in [0, 0.1) is 0 Å². The molecular formula is C24H21BrN2O4S. The van der Waals surface area contributed by atoms with Crippen LogP contribution in [0.1, 0.15) is 26.3 Å². The SMILES string of the molecule is COC(=O)c1ccccc1NC(=S)NC(=O)c1ccc(OCCc2ccccc2)c(Br)c1. The van der Waals surface area contributed by atoms with Crippen LogP contribution in [0.2, 0.25) is 0 Å². The van der Waals surface area contributed by atoms with Crippen molar-refractivity contribution in [2.75, 3.05) is 19.0 Å². The number of amides is 1. The molecule has 0 atom stereocenters. The van der Waals surface area contributed by atoms with Crippen LogP contribution in [0.3, 0.4) is 0 Å². The largest absolute Gasteiger partial charge is 0.492 e. The van der Waals surface area contributed by atoms with E-state index in [9.17, 15) is 9.59 Å². The van der Waals surface area contributed by atoms with Gasteiger partial charge in [-0.2, -0.15) is 0 Å². The molecule has 0 heterocycles. The summed E-state index contributed by atoms with van der Waals surface area (Å²) in [6.45, 7) is 0.516. The molecule has 1 amide bonds. The Balaban J connectivity index is 1.58. The molecule has 0 unspecified atom stereocenters. The van der Waals surface area contributed by atoms with Crippen LogP contribution in [0.15, 0.2) is 77.3 Å². The molecule has 0 fully saturated rings. The fraction of sp³-hybridized carbons (Fsp3) is 0.125. The molecule has 6 nitrogen and oxygen atoms in total. The van der Waals surface area contributed by atoms with Gasteiger partial charge in [0.1, 0.15) is 5.75 Å². The van der Waals surface area contributed by atoms with Gasteiger partial charge in [0.15, 0.2) is 5.11 Å². The molecule has 3 aromatic carbocycles. The zero-order valence-electron chi connectivity index (χ0n) is 17.3. The summed E-state index contributed by atoms with van der Waals surface area (Å²) in [5.74, 6) is -0.256. The van der Waals surface area contributed by atoms with Crippen molar-refractivity contribution in [1.82, 2.24) is 5.32 Å². The third-order valence-electron chi connectivity index (χ3n) is 4.49. The molecule has 8 heteroatoms. The van der Waals surface area contributed by atoms with Crippen LogP contribution < -0.4 is 15.4 Å². The second kappa shape index (κ2) is 11.4. The van der Waals surface area contributed by atoms with Crippen LogP contribution in [0.5, 0.6) is 5.75 Å². The lowest BCUT2D eigenvalue weighted by Crippen LogP contribution is -2.34. The van der Waals surface area contributed by atoms with Gasteiger partial charge in [-0.05, 0) is 64.0 Å². The predicted molar refractivity (Wildman–Crippen MR) is 131 cm³/mol. The molecule has 3 rings (SSSR count). The zero-order valence-corrected chi connectivity index (χ0v) is 19.7. The number of para-hydroxylation sites is 1. The Bertz CT molecular complexity index is 1120. The van der Waals surface area contributed by atoms with E-state index in [0.717, 1.165) is 6.42 Å². The van der Waals surface area contributed by atoms with Crippen molar-refractivity contribution < 1.29 is 19.1 Å². The average molecular weight is 513 g/mol. The van der Waals surface area contributed by atoms with E-state index in [1.54, 1.807) is 42.5 Å². The molecule has 0 aliphatic heterocycles. The van der Waals surface area contributed by atoms with Crippen LogP contribution in [0.4, 0.5) is 5.69 Å². The minimum atomic E-state index is -0.506. The van der Waals surface area contributed by atoms with Gasteiger partial charge in [-0.3, -0.25) is 10.1 Å². The van der Waals surface area contributed by atoms with Gasteiger partial charge in [-0.15, -0.1) is 0 Å². The quantitative estimate of drug-likeness (QED) is 0.343. The molecule has 0 bridgehead atoms. The number of carbonyl (C=O) groups is 2. The number of methoxy groups -OCH3 is 1. The molecule has 3 aromatic rings. The normalized spacial score (nSPS) is 10.2. The maximum atomic E-state index is 12.6. The Morgan fingerprint density at radius 1 is 1.00 bits per heavy atom. The highest BCUT2D eigenvalue weighted by Crippen LogP contribution is 2.26. The summed E-state index contributed by atoms with van der Waals surface area (Å²) in [6, 6.07) is 21.8. The van der Waals surface area contributed by atoms with Gasteiger partial charge in [-0.25, -0.2) is 4.79 Å². The summed E-state index contributed by atoms with van der Waals surface area (Å²) in [5, 5.41) is 5.53. The van der Waals surface area contributed by atoms with Gasteiger partial charge in [0.2, 0.25) is 0 Å². The first-order valence-electron chi connectivity index (χ1n) is 9.74. The number of nitrogens with one attached hydrogen (secondary N) is 2. The Morgan fingerprint density at radius 3 is 2.44 bits per heavy atom. The molecule has 0 saturated heterocycles. The Hall–Kier alpha value is -3.23. The lowest BCUT2D eigenvalue weighted by molar-refractivity contribution is 0.0602. The molecule has 0 aromatic heterocycles. The molecule has 0 aliphatic rings. The number of hydrogen-bond acceptors (Lipinski definition) is 5. The van der Waals surface area contributed by atoms with E-state index in [2.05, 4.69) is 26.6 Å².